The molecule has 56 valence electrons. The Morgan fingerprint density at radius 3 is 2.70 bits per heavy atom. The minimum atomic E-state index is -0.186. The van der Waals surface area contributed by atoms with E-state index in [0.29, 0.717) is 0 Å². The average Bonchev–Trinajstić information content (AvgIpc) is 2.34. The van der Waals surface area contributed by atoms with Crippen molar-refractivity contribution in [2.75, 3.05) is 7.05 Å². The molecule has 0 radical (unpaired) electrons. The fraction of sp³-hybridized carbons (Fsp3) is 0.429. The summed E-state index contributed by atoms with van der Waals surface area (Å²) in [6.07, 6.45) is -0.186. The maximum Gasteiger partial charge on any atom is 0.135 e. The lowest BCUT2D eigenvalue weighted by Gasteiger charge is -2.04. The maximum absolute atomic E-state index is 5.60. The van der Waals surface area contributed by atoms with E-state index in [4.69, 9.17) is 10.2 Å². The monoisotopic (exact) mass is 140 g/mol. The van der Waals surface area contributed by atoms with E-state index in [0.717, 1.165) is 11.5 Å². The molecule has 1 rings (SSSR count). The van der Waals surface area contributed by atoms with Gasteiger partial charge in [-0.2, -0.15) is 0 Å². The van der Waals surface area contributed by atoms with Crippen LogP contribution in [0.4, 0.5) is 0 Å². The first kappa shape index (κ1) is 7.31. The highest BCUT2D eigenvalue weighted by molar-refractivity contribution is 5.08. The highest BCUT2D eigenvalue weighted by atomic mass is 16.3. The highest BCUT2D eigenvalue weighted by Gasteiger charge is 2.05. The summed E-state index contributed by atoms with van der Waals surface area (Å²) in [6, 6.07) is 3.77. The molecule has 0 aromatic carbocycles. The molecule has 0 spiro atoms. The molecule has 1 aromatic heterocycles. The molecule has 0 amide bonds. The molecule has 0 aliphatic rings. The topological polar surface area (TPSA) is 51.2 Å². The van der Waals surface area contributed by atoms with Crippen LogP contribution in [0.5, 0.6) is 0 Å². The molecule has 0 fully saturated rings. The van der Waals surface area contributed by atoms with Gasteiger partial charge in [0.15, 0.2) is 0 Å². The first-order valence-corrected chi connectivity index (χ1v) is 3.23. The van der Waals surface area contributed by atoms with Crippen molar-refractivity contribution in [3.05, 3.63) is 23.7 Å². The maximum atomic E-state index is 5.60. The molecule has 0 saturated heterocycles. The van der Waals surface area contributed by atoms with Gasteiger partial charge in [0.2, 0.25) is 0 Å². The first-order chi connectivity index (χ1) is 4.74. The van der Waals surface area contributed by atoms with Crippen LogP contribution in [-0.2, 0) is 0 Å². The summed E-state index contributed by atoms with van der Waals surface area (Å²) in [5.41, 5.74) is 5.60. The third kappa shape index (κ3) is 1.37. The van der Waals surface area contributed by atoms with Crippen LogP contribution >= 0.6 is 0 Å². The summed E-state index contributed by atoms with van der Waals surface area (Å²) in [7, 11) is 1.79. The van der Waals surface area contributed by atoms with Crippen molar-refractivity contribution < 1.29 is 4.42 Å². The zero-order valence-electron chi connectivity index (χ0n) is 6.22. The van der Waals surface area contributed by atoms with E-state index in [2.05, 4.69) is 5.32 Å². The SMILES string of the molecule is CNC(N)c1ccc(C)o1. The van der Waals surface area contributed by atoms with Gasteiger partial charge in [-0.05, 0) is 26.1 Å². The van der Waals surface area contributed by atoms with Gasteiger partial charge < -0.3 is 10.2 Å². The molecule has 0 saturated carbocycles. The summed E-state index contributed by atoms with van der Waals surface area (Å²) in [5, 5.41) is 2.88. The van der Waals surface area contributed by atoms with E-state index < -0.39 is 0 Å². The van der Waals surface area contributed by atoms with E-state index in [1.807, 2.05) is 19.1 Å². The van der Waals surface area contributed by atoms with Crippen molar-refractivity contribution in [1.29, 1.82) is 0 Å². The number of nitrogens with one attached hydrogen (secondary N) is 1. The zero-order chi connectivity index (χ0) is 7.56. The van der Waals surface area contributed by atoms with Crippen molar-refractivity contribution in [1.82, 2.24) is 5.32 Å². The number of aryl methyl sites for hydroxylation is 1. The van der Waals surface area contributed by atoms with Crippen LogP contribution in [0.3, 0.4) is 0 Å². The Morgan fingerprint density at radius 1 is 1.60 bits per heavy atom. The average molecular weight is 140 g/mol. The molecular formula is C7H12N2O. The van der Waals surface area contributed by atoms with E-state index in [1.54, 1.807) is 7.05 Å². The van der Waals surface area contributed by atoms with Crippen molar-refractivity contribution in [3.8, 4) is 0 Å². The van der Waals surface area contributed by atoms with E-state index >= 15 is 0 Å². The predicted octanol–water partition coefficient (Wildman–Crippen LogP) is 0.765. The molecule has 1 aromatic rings. The second kappa shape index (κ2) is 2.86. The van der Waals surface area contributed by atoms with E-state index in [1.165, 1.54) is 0 Å². The summed E-state index contributed by atoms with van der Waals surface area (Å²) in [5.74, 6) is 1.67. The second-order valence-electron chi connectivity index (χ2n) is 2.21. The molecule has 10 heavy (non-hydrogen) atoms. The van der Waals surface area contributed by atoms with Crippen LogP contribution < -0.4 is 11.1 Å². The number of hydrogen-bond acceptors (Lipinski definition) is 3. The molecule has 3 N–H and O–H groups in total. The minimum Gasteiger partial charge on any atom is -0.463 e. The van der Waals surface area contributed by atoms with Gasteiger partial charge in [0, 0.05) is 0 Å². The molecule has 1 unspecified atom stereocenters. The van der Waals surface area contributed by atoms with Crippen LogP contribution in [0.2, 0.25) is 0 Å². The van der Waals surface area contributed by atoms with E-state index in [9.17, 15) is 0 Å². The number of hydrogen-bond donors (Lipinski definition) is 2. The quantitative estimate of drug-likeness (QED) is 0.596. The normalized spacial score (nSPS) is 13.5. The molecular weight excluding hydrogens is 128 g/mol. The van der Waals surface area contributed by atoms with Gasteiger partial charge in [-0.1, -0.05) is 0 Å². The molecule has 3 nitrogen and oxygen atoms in total. The molecule has 0 bridgehead atoms. The molecule has 3 heteroatoms. The largest absolute Gasteiger partial charge is 0.463 e. The van der Waals surface area contributed by atoms with E-state index in [-0.39, 0.29) is 6.17 Å². The van der Waals surface area contributed by atoms with Crippen molar-refractivity contribution in [2.45, 2.75) is 13.1 Å². The lowest BCUT2D eigenvalue weighted by atomic mass is 10.4. The molecule has 0 aliphatic heterocycles. The fourth-order valence-electron chi connectivity index (χ4n) is 0.763. The van der Waals surface area contributed by atoms with Gasteiger partial charge in [-0.25, -0.2) is 0 Å². The lowest BCUT2D eigenvalue weighted by molar-refractivity contribution is 0.423. The van der Waals surface area contributed by atoms with Crippen molar-refractivity contribution in [2.24, 2.45) is 5.73 Å². The third-order valence-corrected chi connectivity index (χ3v) is 1.38. The smallest absolute Gasteiger partial charge is 0.135 e. The van der Waals surface area contributed by atoms with Crippen LogP contribution in [0.1, 0.15) is 17.7 Å². The second-order valence-corrected chi connectivity index (χ2v) is 2.21. The Labute approximate surface area is 60.2 Å². The Hall–Kier alpha value is -0.800. The van der Waals surface area contributed by atoms with Crippen LogP contribution in [0, 0.1) is 6.92 Å². The Morgan fingerprint density at radius 2 is 2.30 bits per heavy atom. The summed E-state index contributed by atoms with van der Waals surface area (Å²) < 4.78 is 5.25. The number of rotatable bonds is 2. The lowest BCUT2D eigenvalue weighted by Crippen LogP contribution is -2.24. The predicted molar refractivity (Wildman–Crippen MR) is 39.4 cm³/mol. The summed E-state index contributed by atoms with van der Waals surface area (Å²) in [4.78, 5) is 0. The summed E-state index contributed by atoms with van der Waals surface area (Å²) in [6.45, 7) is 1.89. The highest BCUT2D eigenvalue weighted by Crippen LogP contribution is 2.10. The van der Waals surface area contributed by atoms with Crippen LogP contribution in [-0.4, -0.2) is 7.05 Å². The molecule has 1 atom stereocenters. The van der Waals surface area contributed by atoms with Crippen LogP contribution in [0.15, 0.2) is 16.5 Å². The van der Waals surface area contributed by atoms with Crippen molar-refractivity contribution in [3.63, 3.8) is 0 Å². The molecule has 0 aliphatic carbocycles. The number of nitrogens with two attached hydrogens (primary N) is 1. The standard InChI is InChI=1S/C7H12N2O/c1-5-3-4-6(10-5)7(8)9-2/h3-4,7,9H,8H2,1-2H3. The Bertz CT molecular complexity index is 207. The third-order valence-electron chi connectivity index (χ3n) is 1.38. The summed E-state index contributed by atoms with van der Waals surface area (Å²) >= 11 is 0. The van der Waals surface area contributed by atoms with Gasteiger partial charge in [-0.15, -0.1) is 0 Å². The minimum absolute atomic E-state index is 0.186. The first-order valence-electron chi connectivity index (χ1n) is 3.23. The molecule has 1 heterocycles. The van der Waals surface area contributed by atoms with Gasteiger partial charge in [0.1, 0.15) is 17.7 Å². The zero-order valence-corrected chi connectivity index (χ0v) is 6.22. The van der Waals surface area contributed by atoms with Crippen molar-refractivity contribution >= 4 is 0 Å². The number of furan rings is 1. The van der Waals surface area contributed by atoms with Gasteiger partial charge in [0.25, 0.3) is 0 Å². The van der Waals surface area contributed by atoms with Gasteiger partial charge in [0.05, 0.1) is 0 Å². The van der Waals surface area contributed by atoms with Gasteiger partial charge >= 0.3 is 0 Å². The fourth-order valence-corrected chi connectivity index (χ4v) is 0.763. The van der Waals surface area contributed by atoms with Crippen LogP contribution in [0.25, 0.3) is 0 Å². The van der Waals surface area contributed by atoms with Gasteiger partial charge in [-0.3, -0.25) is 5.32 Å². The Kier molecular flexibility index (Phi) is 2.09. The Balaban J connectivity index is 2.74.